The summed E-state index contributed by atoms with van der Waals surface area (Å²) in [5.74, 6) is -1.91. The molecule has 0 aromatic carbocycles. The second-order valence-corrected chi connectivity index (χ2v) is 6.48. The molecule has 0 spiro atoms. The van der Waals surface area contributed by atoms with Gasteiger partial charge in [-0.1, -0.05) is 0 Å². The van der Waals surface area contributed by atoms with E-state index in [4.69, 9.17) is 9.84 Å². The molecule has 0 atom stereocenters. The molecule has 2 heterocycles. The molecule has 0 aliphatic rings. The second-order valence-electron chi connectivity index (χ2n) is 5.25. The maximum Gasteiger partial charge on any atom is 0.354 e. The monoisotopic (exact) mass is 365 g/mol. The minimum Gasteiger partial charge on any atom is -0.477 e. The van der Waals surface area contributed by atoms with Gasteiger partial charge in [0.05, 0.1) is 18.7 Å². The van der Waals surface area contributed by atoms with Gasteiger partial charge in [-0.15, -0.1) is 11.3 Å². The lowest BCUT2D eigenvalue weighted by molar-refractivity contribution is -0.116. The van der Waals surface area contributed by atoms with Crippen molar-refractivity contribution >= 4 is 34.2 Å². The molecule has 0 aliphatic heterocycles. The van der Waals surface area contributed by atoms with Gasteiger partial charge in [0.15, 0.2) is 0 Å². The standard InChI is InChI=1S/C16H19N3O5S/c1-4-24-16(23)13-9(2)10(3)25-14(13)18-12(20)6-8-19-11(15(21)22)5-7-17-19/h5,7H,4,6,8H2,1-3H3,(H,18,20)(H,21,22). The number of aryl methyl sites for hydroxylation is 2. The first-order valence-corrected chi connectivity index (χ1v) is 8.48. The summed E-state index contributed by atoms with van der Waals surface area (Å²) in [5.41, 5.74) is 1.16. The van der Waals surface area contributed by atoms with Gasteiger partial charge < -0.3 is 15.2 Å². The smallest absolute Gasteiger partial charge is 0.354 e. The third-order valence-corrected chi connectivity index (χ3v) is 4.73. The Balaban J connectivity index is 2.08. The molecule has 2 rings (SSSR count). The molecule has 0 saturated heterocycles. The predicted molar refractivity (Wildman–Crippen MR) is 92.2 cm³/mol. The van der Waals surface area contributed by atoms with Crippen LogP contribution in [0, 0.1) is 13.8 Å². The zero-order chi connectivity index (χ0) is 18.6. The van der Waals surface area contributed by atoms with Crippen molar-refractivity contribution in [1.29, 1.82) is 0 Å². The Morgan fingerprint density at radius 2 is 2.08 bits per heavy atom. The van der Waals surface area contributed by atoms with E-state index in [1.807, 2.05) is 6.92 Å². The van der Waals surface area contributed by atoms with Gasteiger partial charge in [-0.3, -0.25) is 9.48 Å². The lowest BCUT2D eigenvalue weighted by Crippen LogP contribution is -2.18. The number of aromatic carboxylic acids is 1. The number of esters is 1. The maximum atomic E-state index is 12.2. The van der Waals surface area contributed by atoms with E-state index in [2.05, 4.69) is 10.4 Å². The van der Waals surface area contributed by atoms with Crippen LogP contribution in [0.25, 0.3) is 0 Å². The first-order chi connectivity index (χ1) is 11.8. The Morgan fingerprint density at radius 1 is 1.36 bits per heavy atom. The number of nitrogens with zero attached hydrogens (tertiary/aromatic N) is 2. The Morgan fingerprint density at radius 3 is 2.72 bits per heavy atom. The van der Waals surface area contributed by atoms with Crippen molar-refractivity contribution < 1.29 is 24.2 Å². The fourth-order valence-corrected chi connectivity index (χ4v) is 3.32. The average Bonchev–Trinajstić information content (AvgIpc) is 3.11. The lowest BCUT2D eigenvalue weighted by Gasteiger charge is -2.08. The fraction of sp³-hybridized carbons (Fsp3) is 0.375. The molecule has 1 amide bonds. The Hall–Kier alpha value is -2.68. The van der Waals surface area contributed by atoms with Gasteiger partial charge in [-0.05, 0) is 32.4 Å². The van der Waals surface area contributed by atoms with Gasteiger partial charge in [-0.2, -0.15) is 5.10 Å². The van der Waals surface area contributed by atoms with Gasteiger partial charge in [0.1, 0.15) is 10.7 Å². The van der Waals surface area contributed by atoms with E-state index in [9.17, 15) is 14.4 Å². The number of carbonyl (C=O) groups excluding carboxylic acids is 2. The van der Waals surface area contributed by atoms with Crippen LogP contribution in [0.3, 0.4) is 0 Å². The van der Waals surface area contributed by atoms with Crippen molar-refractivity contribution in [2.75, 3.05) is 11.9 Å². The number of hydrogen-bond donors (Lipinski definition) is 2. The molecule has 134 valence electrons. The first kappa shape index (κ1) is 18.7. The lowest BCUT2D eigenvalue weighted by atomic mass is 10.1. The summed E-state index contributed by atoms with van der Waals surface area (Å²) < 4.78 is 6.29. The number of ether oxygens (including phenoxy) is 1. The van der Waals surface area contributed by atoms with Crippen LogP contribution in [0.2, 0.25) is 0 Å². The fourth-order valence-electron chi connectivity index (χ4n) is 2.25. The molecular formula is C16H19N3O5S. The largest absolute Gasteiger partial charge is 0.477 e. The first-order valence-electron chi connectivity index (χ1n) is 7.67. The van der Waals surface area contributed by atoms with Gasteiger partial charge in [0, 0.05) is 17.5 Å². The highest BCUT2D eigenvalue weighted by Gasteiger charge is 2.22. The minimum absolute atomic E-state index is 0.0165. The summed E-state index contributed by atoms with van der Waals surface area (Å²) in [5, 5.41) is 16.1. The number of carboxylic acid groups (broad SMARTS) is 1. The van der Waals surface area contributed by atoms with E-state index < -0.39 is 11.9 Å². The number of rotatable bonds is 7. The third kappa shape index (κ3) is 4.24. The Labute approximate surface area is 148 Å². The number of nitrogens with one attached hydrogen (secondary N) is 1. The van der Waals surface area contributed by atoms with E-state index in [0.717, 1.165) is 10.4 Å². The summed E-state index contributed by atoms with van der Waals surface area (Å²) in [6.07, 6.45) is 1.40. The molecule has 2 N–H and O–H groups in total. The number of thiophene rings is 1. The van der Waals surface area contributed by atoms with E-state index in [1.165, 1.54) is 28.3 Å². The van der Waals surface area contributed by atoms with E-state index in [-0.39, 0.29) is 31.2 Å². The summed E-state index contributed by atoms with van der Waals surface area (Å²) in [7, 11) is 0. The SMILES string of the molecule is CCOC(=O)c1c(NC(=O)CCn2nccc2C(=O)O)sc(C)c1C. The van der Waals surface area contributed by atoms with Crippen LogP contribution < -0.4 is 5.32 Å². The zero-order valence-electron chi connectivity index (χ0n) is 14.2. The van der Waals surface area contributed by atoms with Gasteiger partial charge >= 0.3 is 11.9 Å². The molecule has 0 unspecified atom stereocenters. The number of carbonyl (C=O) groups is 3. The minimum atomic E-state index is -1.10. The van der Waals surface area contributed by atoms with Crippen LogP contribution >= 0.6 is 11.3 Å². The highest BCUT2D eigenvalue weighted by molar-refractivity contribution is 7.16. The van der Waals surface area contributed by atoms with Crippen LogP contribution in [0.4, 0.5) is 5.00 Å². The van der Waals surface area contributed by atoms with Crippen LogP contribution in [-0.4, -0.2) is 39.3 Å². The summed E-state index contributed by atoms with van der Waals surface area (Å²) in [6.45, 7) is 5.75. The van der Waals surface area contributed by atoms with Crippen LogP contribution in [0.15, 0.2) is 12.3 Å². The van der Waals surface area contributed by atoms with E-state index >= 15 is 0 Å². The molecule has 2 aromatic heterocycles. The molecule has 2 aromatic rings. The van der Waals surface area contributed by atoms with Crippen LogP contribution in [0.5, 0.6) is 0 Å². The highest BCUT2D eigenvalue weighted by atomic mass is 32.1. The van der Waals surface area contributed by atoms with Crippen molar-refractivity contribution in [3.05, 3.63) is 34.0 Å². The van der Waals surface area contributed by atoms with E-state index in [0.29, 0.717) is 10.6 Å². The van der Waals surface area contributed by atoms with Crippen molar-refractivity contribution in [1.82, 2.24) is 9.78 Å². The Bertz CT molecular complexity index is 809. The van der Waals surface area contributed by atoms with Crippen molar-refractivity contribution in [2.45, 2.75) is 33.7 Å². The number of hydrogen-bond acceptors (Lipinski definition) is 6. The normalized spacial score (nSPS) is 10.5. The molecule has 0 bridgehead atoms. The topological polar surface area (TPSA) is 111 Å². The predicted octanol–water partition coefficient (Wildman–Crippen LogP) is 2.47. The van der Waals surface area contributed by atoms with E-state index in [1.54, 1.807) is 13.8 Å². The number of carboxylic acids is 1. The second kappa shape index (κ2) is 7.93. The van der Waals surface area contributed by atoms with Crippen LogP contribution in [-0.2, 0) is 16.1 Å². The third-order valence-electron chi connectivity index (χ3n) is 3.60. The Kier molecular flexibility index (Phi) is 5.92. The molecule has 0 saturated carbocycles. The summed E-state index contributed by atoms with van der Waals surface area (Å²) in [6, 6.07) is 1.37. The number of amides is 1. The van der Waals surface area contributed by atoms with Gasteiger partial charge in [0.2, 0.25) is 5.91 Å². The molecule has 8 nitrogen and oxygen atoms in total. The zero-order valence-corrected chi connectivity index (χ0v) is 15.0. The maximum absolute atomic E-state index is 12.2. The summed E-state index contributed by atoms with van der Waals surface area (Å²) in [4.78, 5) is 36.2. The molecule has 0 aliphatic carbocycles. The van der Waals surface area contributed by atoms with Crippen molar-refractivity contribution in [3.8, 4) is 0 Å². The van der Waals surface area contributed by atoms with Crippen molar-refractivity contribution in [2.24, 2.45) is 0 Å². The molecular weight excluding hydrogens is 346 g/mol. The highest BCUT2D eigenvalue weighted by Crippen LogP contribution is 2.33. The van der Waals surface area contributed by atoms with Gasteiger partial charge in [0.25, 0.3) is 0 Å². The van der Waals surface area contributed by atoms with Gasteiger partial charge in [-0.25, -0.2) is 9.59 Å². The van der Waals surface area contributed by atoms with Crippen LogP contribution in [0.1, 0.15) is 44.6 Å². The molecule has 0 radical (unpaired) electrons. The summed E-state index contributed by atoms with van der Waals surface area (Å²) >= 11 is 1.31. The quantitative estimate of drug-likeness (QED) is 0.729. The molecule has 25 heavy (non-hydrogen) atoms. The molecule has 9 heteroatoms. The molecule has 0 fully saturated rings. The average molecular weight is 365 g/mol. The number of aromatic nitrogens is 2. The van der Waals surface area contributed by atoms with Crippen molar-refractivity contribution in [3.63, 3.8) is 0 Å². The number of anilines is 1.